The van der Waals surface area contributed by atoms with Gasteiger partial charge in [-0.15, -0.1) is 0 Å². The van der Waals surface area contributed by atoms with E-state index in [-0.39, 0.29) is 5.91 Å². The lowest BCUT2D eigenvalue weighted by Crippen LogP contribution is -2.13. The molecule has 0 radical (unpaired) electrons. The molecule has 0 aliphatic heterocycles. The van der Waals surface area contributed by atoms with Crippen molar-refractivity contribution in [3.05, 3.63) is 23.8 Å². The van der Waals surface area contributed by atoms with E-state index in [1.807, 2.05) is 25.1 Å². The average molecular weight is 282 g/mol. The summed E-state index contributed by atoms with van der Waals surface area (Å²) < 4.78 is 4.96. The first-order valence-electron chi connectivity index (χ1n) is 6.36. The van der Waals surface area contributed by atoms with Gasteiger partial charge in [0.1, 0.15) is 0 Å². The Morgan fingerprint density at radius 3 is 2.95 bits per heavy atom. The van der Waals surface area contributed by atoms with Crippen LogP contribution in [0.15, 0.2) is 18.2 Å². The molecule has 19 heavy (non-hydrogen) atoms. The quantitative estimate of drug-likeness (QED) is 0.568. The summed E-state index contributed by atoms with van der Waals surface area (Å²) in [7, 11) is 1.70. The molecule has 4 nitrogen and oxygen atoms in total. The zero-order valence-electron chi connectivity index (χ0n) is 11.6. The smallest absolute Gasteiger partial charge is 0.224 e. The monoisotopic (exact) mass is 282 g/mol. The van der Waals surface area contributed by atoms with Crippen molar-refractivity contribution >= 4 is 29.0 Å². The number of thioether (sulfide) groups is 1. The van der Waals surface area contributed by atoms with Crippen molar-refractivity contribution in [2.45, 2.75) is 19.8 Å². The molecule has 1 rings (SSSR count). The molecule has 0 fully saturated rings. The summed E-state index contributed by atoms with van der Waals surface area (Å²) in [5, 5.41) is 2.90. The molecule has 0 saturated heterocycles. The third-order valence-corrected chi connectivity index (χ3v) is 3.81. The van der Waals surface area contributed by atoms with Crippen molar-refractivity contribution in [2.75, 3.05) is 36.3 Å². The van der Waals surface area contributed by atoms with Gasteiger partial charge in [-0.3, -0.25) is 4.79 Å². The zero-order chi connectivity index (χ0) is 14.1. The number of carbonyl (C=O) groups is 1. The van der Waals surface area contributed by atoms with Gasteiger partial charge in [0.05, 0.1) is 6.61 Å². The predicted molar refractivity (Wildman–Crippen MR) is 82.7 cm³/mol. The highest BCUT2D eigenvalue weighted by Crippen LogP contribution is 2.20. The van der Waals surface area contributed by atoms with E-state index >= 15 is 0 Å². The SMILES string of the molecule is COCCSCCCC(=O)Nc1cccc(N)c1C. The minimum Gasteiger partial charge on any atom is -0.398 e. The fraction of sp³-hybridized carbons (Fsp3) is 0.500. The maximum atomic E-state index is 11.8. The first-order valence-corrected chi connectivity index (χ1v) is 7.52. The van der Waals surface area contributed by atoms with Crippen LogP contribution in [0.1, 0.15) is 18.4 Å². The Morgan fingerprint density at radius 1 is 1.42 bits per heavy atom. The molecule has 0 aliphatic carbocycles. The number of hydrogen-bond acceptors (Lipinski definition) is 4. The minimum absolute atomic E-state index is 0.0426. The Bertz CT molecular complexity index is 410. The molecule has 0 heterocycles. The van der Waals surface area contributed by atoms with Crippen molar-refractivity contribution in [3.8, 4) is 0 Å². The number of ether oxygens (including phenoxy) is 1. The number of anilines is 2. The highest BCUT2D eigenvalue weighted by molar-refractivity contribution is 7.99. The van der Waals surface area contributed by atoms with E-state index in [4.69, 9.17) is 10.5 Å². The average Bonchev–Trinajstić information content (AvgIpc) is 2.39. The molecular formula is C14H22N2O2S. The predicted octanol–water partition coefficient (Wildman–Crippen LogP) is 2.68. The Labute approximate surface area is 119 Å². The highest BCUT2D eigenvalue weighted by atomic mass is 32.2. The molecule has 0 aromatic heterocycles. The number of benzene rings is 1. The number of carbonyl (C=O) groups excluding carboxylic acids is 1. The van der Waals surface area contributed by atoms with Crippen LogP contribution < -0.4 is 11.1 Å². The van der Waals surface area contributed by atoms with Gasteiger partial charge in [0, 0.05) is 30.7 Å². The van der Waals surface area contributed by atoms with Gasteiger partial charge in [-0.1, -0.05) is 6.07 Å². The number of nitrogen functional groups attached to an aromatic ring is 1. The van der Waals surface area contributed by atoms with Crippen LogP contribution >= 0.6 is 11.8 Å². The van der Waals surface area contributed by atoms with E-state index in [9.17, 15) is 4.79 Å². The fourth-order valence-corrected chi connectivity index (χ4v) is 2.42. The molecule has 0 aliphatic rings. The zero-order valence-corrected chi connectivity index (χ0v) is 12.4. The lowest BCUT2D eigenvalue weighted by Gasteiger charge is -2.10. The fourth-order valence-electron chi connectivity index (χ4n) is 1.58. The number of nitrogens with one attached hydrogen (secondary N) is 1. The van der Waals surface area contributed by atoms with Crippen molar-refractivity contribution in [1.82, 2.24) is 0 Å². The molecule has 5 heteroatoms. The molecule has 0 spiro atoms. The minimum atomic E-state index is 0.0426. The molecular weight excluding hydrogens is 260 g/mol. The summed E-state index contributed by atoms with van der Waals surface area (Å²) in [5.74, 6) is 2.00. The summed E-state index contributed by atoms with van der Waals surface area (Å²) in [6, 6.07) is 5.55. The molecule has 0 bridgehead atoms. The maximum absolute atomic E-state index is 11.8. The molecule has 1 aromatic carbocycles. The van der Waals surface area contributed by atoms with Crippen molar-refractivity contribution < 1.29 is 9.53 Å². The number of hydrogen-bond donors (Lipinski definition) is 2. The van der Waals surface area contributed by atoms with Crippen molar-refractivity contribution in [3.63, 3.8) is 0 Å². The van der Waals surface area contributed by atoms with Crippen LogP contribution in [0.25, 0.3) is 0 Å². The topological polar surface area (TPSA) is 64.3 Å². The van der Waals surface area contributed by atoms with E-state index in [0.29, 0.717) is 12.1 Å². The molecule has 106 valence electrons. The summed E-state index contributed by atoms with van der Waals surface area (Å²) >= 11 is 1.81. The first-order chi connectivity index (χ1) is 9.15. The van der Waals surface area contributed by atoms with E-state index < -0.39 is 0 Å². The second-order valence-electron chi connectivity index (χ2n) is 4.28. The Balaban J connectivity index is 2.26. The van der Waals surface area contributed by atoms with Gasteiger partial charge in [-0.05, 0) is 36.8 Å². The summed E-state index contributed by atoms with van der Waals surface area (Å²) in [4.78, 5) is 11.8. The lowest BCUT2D eigenvalue weighted by molar-refractivity contribution is -0.116. The van der Waals surface area contributed by atoms with Gasteiger partial charge >= 0.3 is 0 Å². The first kappa shape index (κ1) is 15.9. The van der Waals surface area contributed by atoms with Gasteiger partial charge < -0.3 is 15.8 Å². The second kappa shape index (κ2) is 8.82. The lowest BCUT2D eigenvalue weighted by atomic mass is 10.1. The van der Waals surface area contributed by atoms with Gasteiger partial charge in [-0.25, -0.2) is 0 Å². The van der Waals surface area contributed by atoms with E-state index in [0.717, 1.165) is 35.8 Å². The van der Waals surface area contributed by atoms with E-state index in [2.05, 4.69) is 5.32 Å². The molecule has 1 amide bonds. The maximum Gasteiger partial charge on any atom is 0.224 e. The standard InChI is InChI=1S/C14H22N2O2S/c1-11-12(15)5-3-6-13(11)16-14(17)7-4-9-19-10-8-18-2/h3,5-6H,4,7-10,15H2,1-2H3,(H,16,17). The van der Waals surface area contributed by atoms with E-state index in [1.54, 1.807) is 18.9 Å². The third-order valence-electron chi connectivity index (χ3n) is 2.77. The molecule has 0 saturated carbocycles. The molecule has 1 aromatic rings. The molecule has 0 unspecified atom stereocenters. The largest absolute Gasteiger partial charge is 0.398 e. The summed E-state index contributed by atoms with van der Waals surface area (Å²) in [6.07, 6.45) is 1.41. The number of methoxy groups -OCH3 is 1. The van der Waals surface area contributed by atoms with Crippen LogP contribution in [0.3, 0.4) is 0 Å². The Hall–Kier alpha value is -1.20. The third kappa shape index (κ3) is 5.98. The van der Waals surface area contributed by atoms with Crippen LogP contribution in [0, 0.1) is 6.92 Å². The highest BCUT2D eigenvalue weighted by Gasteiger charge is 2.05. The van der Waals surface area contributed by atoms with Gasteiger partial charge in [0.25, 0.3) is 0 Å². The number of amides is 1. The van der Waals surface area contributed by atoms with Gasteiger partial charge in [0.2, 0.25) is 5.91 Å². The van der Waals surface area contributed by atoms with Crippen molar-refractivity contribution in [1.29, 1.82) is 0 Å². The van der Waals surface area contributed by atoms with Gasteiger partial charge in [-0.2, -0.15) is 11.8 Å². The van der Waals surface area contributed by atoms with Crippen LogP contribution in [0.5, 0.6) is 0 Å². The summed E-state index contributed by atoms with van der Waals surface area (Å²) in [6.45, 7) is 2.67. The molecule has 0 atom stereocenters. The van der Waals surface area contributed by atoms with Crippen LogP contribution in [0.2, 0.25) is 0 Å². The van der Waals surface area contributed by atoms with Crippen LogP contribution in [-0.4, -0.2) is 31.1 Å². The molecule has 3 N–H and O–H groups in total. The van der Waals surface area contributed by atoms with Gasteiger partial charge in [0.15, 0.2) is 0 Å². The Kier molecular flexibility index (Phi) is 7.36. The Morgan fingerprint density at radius 2 is 2.21 bits per heavy atom. The normalized spacial score (nSPS) is 10.4. The number of rotatable bonds is 8. The number of nitrogens with two attached hydrogens (primary N) is 1. The van der Waals surface area contributed by atoms with Crippen LogP contribution in [0.4, 0.5) is 11.4 Å². The van der Waals surface area contributed by atoms with Crippen molar-refractivity contribution in [2.24, 2.45) is 0 Å². The van der Waals surface area contributed by atoms with E-state index in [1.165, 1.54) is 0 Å². The second-order valence-corrected chi connectivity index (χ2v) is 5.50. The van der Waals surface area contributed by atoms with Crippen LogP contribution in [-0.2, 0) is 9.53 Å². The summed E-state index contributed by atoms with van der Waals surface area (Å²) in [5.41, 5.74) is 8.22.